The average Bonchev–Trinajstić information content (AvgIpc) is 2.67. The van der Waals surface area contributed by atoms with Crippen molar-refractivity contribution in [3.8, 4) is 17.5 Å². The first-order valence-electron chi connectivity index (χ1n) is 8.06. The van der Waals surface area contributed by atoms with Gasteiger partial charge in [-0.15, -0.1) is 0 Å². The number of hydrogen-bond donors (Lipinski definition) is 2. The molecule has 1 amide bonds. The summed E-state index contributed by atoms with van der Waals surface area (Å²) < 4.78 is 5.86. The molecule has 1 aliphatic rings. The van der Waals surface area contributed by atoms with E-state index in [9.17, 15) is 4.79 Å². The molecule has 1 fully saturated rings. The SMILES string of the molecule is CNC(=O)c1cc(-c2cc(C3OCCNC3CC#N)cc(Cl)n2)ncn1. The fourth-order valence-electron chi connectivity index (χ4n) is 2.82. The Morgan fingerprint density at radius 2 is 2.27 bits per heavy atom. The minimum atomic E-state index is -0.317. The molecule has 0 aliphatic carbocycles. The number of carbonyl (C=O) groups is 1. The van der Waals surface area contributed by atoms with Crippen molar-refractivity contribution in [1.29, 1.82) is 5.26 Å². The third-order valence-electron chi connectivity index (χ3n) is 4.02. The van der Waals surface area contributed by atoms with Crippen molar-refractivity contribution in [3.63, 3.8) is 0 Å². The Morgan fingerprint density at radius 1 is 1.42 bits per heavy atom. The maximum absolute atomic E-state index is 11.8. The number of nitriles is 1. The number of hydrogen-bond acceptors (Lipinski definition) is 7. The van der Waals surface area contributed by atoms with Crippen LogP contribution in [-0.2, 0) is 4.74 Å². The van der Waals surface area contributed by atoms with Crippen molar-refractivity contribution >= 4 is 17.5 Å². The van der Waals surface area contributed by atoms with Gasteiger partial charge in [0.25, 0.3) is 5.91 Å². The molecule has 9 heteroatoms. The second-order valence-corrected chi connectivity index (χ2v) is 6.08. The minimum absolute atomic E-state index is 0.133. The van der Waals surface area contributed by atoms with Crippen LogP contribution in [0.1, 0.15) is 28.6 Å². The van der Waals surface area contributed by atoms with Crippen molar-refractivity contribution in [2.24, 2.45) is 0 Å². The number of ether oxygens (including phenoxy) is 1. The lowest BCUT2D eigenvalue weighted by Gasteiger charge is -2.32. The number of carbonyl (C=O) groups excluding carboxylic acids is 1. The van der Waals surface area contributed by atoms with Crippen molar-refractivity contribution in [3.05, 3.63) is 40.9 Å². The second-order valence-electron chi connectivity index (χ2n) is 5.69. The highest BCUT2D eigenvalue weighted by Gasteiger charge is 2.28. The van der Waals surface area contributed by atoms with Crippen molar-refractivity contribution in [1.82, 2.24) is 25.6 Å². The molecule has 0 aromatic carbocycles. The van der Waals surface area contributed by atoms with Gasteiger partial charge < -0.3 is 15.4 Å². The topological polar surface area (TPSA) is 113 Å². The Balaban J connectivity index is 1.98. The first kappa shape index (κ1) is 18.2. The van der Waals surface area contributed by atoms with Gasteiger partial charge in [0.2, 0.25) is 0 Å². The number of halogens is 1. The van der Waals surface area contributed by atoms with Crippen LogP contribution in [0, 0.1) is 11.3 Å². The zero-order chi connectivity index (χ0) is 18.5. The van der Waals surface area contributed by atoms with Crippen molar-refractivity contribution in [2.45, 2.75) is 18.6 Å². The minimum Gasteiger partial charge on any atom is -0.371 e. The number of nitrogens with zero attached hydrogens (tertiary/aromatic N) is 4. The Hall–Kier alpha value is -2.60. The van der Waals surface area contributed by atoms with Gasteiger partial charge in [-0.3, -0.25) is 4.79 Å². The van der Waals surface area contributed by atoms with Gasteiger partial charge in [0.05, 0.1) is 42.6 Å². The van der Waals surface area contributed by atoms with Crippen LogP contribution in [0.3, 0.4) is 0 Å². The van der Waals surface area contributed by atoms with E-state index >= 15 is 0 Å². The standard InChI is InChI=1S/C17H17ClN6O2/c1-20-17(25)14-8-12(22-9-23-14)13-6-10(7-15(18)24-13)16-11(2-3-19)21-4-5-26-16/h6-9,11,16,21H,2,4-5H2,1H3,(H,20,25). The van der Waals surface area contributed by atoms with Gasteiger partial charge in [0.15, 0.2) is 0 Å². The number of amides is 1. The monoisotopic (exact) mass is 372 g/mol. The fourth-order valence-corrected chi connectivity index (χ4v) is 3.04. The molecule has 3 rings (SSSR count). The Bertz CT molecular complexity index is 853. The van der Waals surface area contributed by atoms with Gasteiger partial charge >= 0.3 is 0 Å². The Labute approximate surface area is 155 Å². The van der Waals surface area contributed by atoms with E-state index in [0.29, 0.717) is 31.0 Å². The maximum Gasteiger partial charge on any atom is 0.269 e. The molecule has 134 valence electrons. The van der Waals surface area contributed by atoms with E-state index in [-0.39, 0.29) is 28.9 Å². The largest absolute Gasteiger partial charge is 0.371 e. The van der Waals surface area contributed by atoms with E-state index in [1.54, 1.807) is 12.1 Å². The zero-order valence-corrected chi connectivity index (χ0v) is 14.8. The molecule has 0 bridgehead atoms. The van der Waals surface area contributed by atoms with Crippen LogP contribution in [0.25, 0.3) is 11.4 Å². The van der Waals surface area contributed by atoms with Crippen LogP contribution < -0.4 is 10.6 Å². The van der Waals surface area contributed by atoms with Crippen molar-refractivity contribution < 1.29 is 9.53 Å². The van der Waals surface area contributed by atoms with E-state index in [1.165, 1.54) is 13.4 Å². The van der Waals surface area contributed by atoms with Gasteiger partial charge in [0, 0.05) is 13.6 Å². The first-order valence-corrected chi connectivity index (χ1v) is 8.44. The molecule has 2 unspecified atom stereocenters. The predicted octanol–water partition coefficient (Wildman–Crippen LogP) is 1.49. The summed E-state index contributed by atoms with van der Waals surface area (Å²) in [7, 11) is 1.53. The number of pyridine rings is 1. The lowest BCUT2D eigenvalue weighted by molar-refractivity contribution is -0.00415. The van der Waals surface area contributed by atoms with Crippen molar-refractivity contribution in [2.75, 3.05) is 20.2 Å². The van der Waals surface area contributed by atoms with Crippen LogP contribution in [0.15, 0.2) is 24.5 Å². The summed E-state index contributed by atoms with van der Waals surface area (Å²) in [6.07, 6.45) is 1.30. The Kier molecular flexibility index (Phi) is 5.73. The van der Waals surface area contributed by atoms with Gasteiger partial charge in [-0.2, -0.15) is 5.26 Å². The molecule has 26 heavy (non-hydrogen) atoms. The number of rotatable bonds is 4. The van der Waals surface area contributed by atoms with Crippen LogP contribution in [0.5, 0.6) is 0 Å². The van der Waals surface area contributed by atoms with Crippen LogP contribution in [-0.4, -0.2) is 47.1 Å². The normalized spacial score (nSPS) is 19.6. The van der Waals surface area contributed by atoms with E-state index in [2.05, 4.69) is 31.7 Å². The highest BCUT2D eigenvalue weighted by atomic mass is 35.5. The smallest absolute Gasteiger partial charge is 0.269 e. The molecular weight excluding hydrogens is 356 g/mol. The molecule has 2 aromatic heterocycles. The van der Waals surface area contributed by atoms with E-state index < -0.39 is 0 Å². The Morgan fingerprint density at radius 3 is 3.04 bits per heavy atom. The third kappa shape index (κ3) is 3.96. The molecule has 2 atom stereocenters. The van der Waals surface area contributed by atoms with E-state index in [4.69, 9.17) is 21.6 Å². The summed E-state index contributed by atoms with van der Waals surface area (Å²) in [5, 5.41) is 15.1. The van der Waals surface area contributed by atoms with Crippen LogP contribution in [0.4, 0.5) is 0 Å². The molecule has 2 N–H and O–H groups in total. The van der Waals surface area contributed by atoms with E-state index in [1.807, 2.05) is 6.07 Å². The fraction of sp³-hybridized carbons (Fsp3) is 0.353. The molecular formula is C17H17ClN6O2. The molecule has 8 nitrogen and oxygen atoms in total. The summed E-state index contributed by atoms with van der Waals surface area (Å²) in [5.74, 6) is -0.315. The lowest BCUT2D eigenvalue weighted by atomic mass is 9.98. The average molecular weight is 373 g/mol. The van der Waals surface area contributed by atoms with Gasteiger partial charge in [-0.25, -0.2) is 15.0 Å². The molecule has 2 aromatic rings. The quantitative estimate of drug-likeness (QED) is 0.782. The number of morpholine rings is 1. The summed E-state index contributed by atoms with van der Waals surface area (Å²) in [4.78, 5) is 24.2. The van der Waals surface area contributed by atoms with Gasteiger partial charge in [-0.05, 0) is 23.8 Å². The van der Waals surface area contributed by atoms with E-state index in [0.717, 1.165) is 5.56 Å². The number of nitrogens with one attached hydrogen (secondary N) is 2. The van der Waals surface area contributed by atoms with Crippen LogP contribution >= 0.6 is 11.6 Å². The van der Waals surface area contributed by atoms with Gasteiger partial charge in [0.1, 0.15) is 17.2 Å². The molecule has 3 heterocycles. The predicted molar refractivity (Wildman–Crippen MR) is 94.4 cm³/mol. The lowest BCUT2D eigenvalue weighted by Crippen LogP contribution is -2.43. The molecule has 1 saturated heterocycles. The first-order chi connectivity index (χ1) is 12.6. The maximum atomic E-state index is 11.8. The summed E-state index contributed by atoms with van der Waals surface area (Å²) >= 11 is 6.20. The summed E-state index contributed by atoms with van der Waals surface area (Å²) in [5.41, 5.74) is 2.01. The molecule has 0 spiro atoms. The zero-order valence-electron chi connectivity index (χ0n) is 14.1. The third-order valence-corrected chi connectivity index (χ3v) is 4.21. The number of aromatic nitrogens is 3. The summed E-state index contributed by atoms with van der Waals surface area (Å²) in [6.45, 7) is 1.23. The van der Waals surface area contributed by atoms with Crippen LogP contribution in [0.2, 0.25) is 5.15 Å². The summed E-state index contributed by atoms with van der Waals surface area (Å²) in [6, 6.07) is 7.11. The van der Waals surface area contributed by atoms with Gasteiger partial charge in [-0.1, -0.05) is 11.6 Å². The molecule has 1 aliphatic heterocycles. The second kappa shape index (κ2) is 8.19. The highest BCUT2D eigenvalue weighted by molar-refractivity contribution is 6.29. The highest BCUT2D eigenvalue weighted by Crippen LogP contribution is 2.30. The molecule has 0 saturated carbocycles. The molecule has 0 radical (unpaired) electrons.